The third-order valence-electron chi connectivity index (χ3n) is 2.86. The van der Waals surface area contributed by atoms with Gasteiger partial charge in [0.2, 0.25) is 0 Å². The van der Waals surface area contributed by atoms with E-state index < -0.39 is 11.9 Å². The van der Waals surface area contributed by atoms with Crippen molar-refractivity contribution in [3.63, 3.8) is 0 Å². The van der Waals surface area contributed by atoms with Gasteiger partial charge in [-0.15, -0.1) is 0 Å². The molecule has 0 bridgehead atoms. The van der Waals surface area contributed by atoms with Gasteiger partial charge in [-0.05, 0) is 31.5 Å². The molecule has 6 nitrogen and oxygen atoms in total. The molecule has 3 N–H and O–H groups in total. The van der Waals surface area contributed by atoms with E-state index in [4.69, 9.17) is 10.4 Å². The average Bonchev–Trinajstić information content (AvgIpc) is 2.47. The van der Waals surface area contributed by atoms with E-state index in [-0.39, 0.29) is 17.2 Å². The number of anilines is 1. The number of aromatic carboxylic acids is 1. The summed E-state index contributed by atoms with van der Waals surface area (Å²) >= 11 is 0. The Morgan fingerprint density at radius 1 is 1.48 bits per heavy atom. The predicted octanol–water partition coefficient (Wildman–Crippen LogP) is 2.12. The van der Waals surface area contributed by atoms with E-state index in [1.165, 1.54) is 24.4 Å². The van der Waals surface area contributed by atoms with Crippen molar-refractivity contribution in [1.82, 2.24) is 5.32 Å². The van der Waals surface area contributed by atoms with Crippen LogP contribution in [0.15, 0.2) is 36.0 Å². The zero-order valence-electron chi connectivity index (χ0n) is 11.9. The average molecular weight is 287 g/mol. The summed E-state index contributed by atoms with van der Waals surface area (Å²) in [7, 11) is 0. The van der Waals surface area contributed by atoms with E-state index in [2.05, 4.69) is 10.6 Å². The number of hydrogen-bond acceptors (Lipinski definition) is 4. The number of carboxylic acids is 1. The lowest BCUT2D eigenvalue weighted by Crippen LogP contribution is -2.22. The minimum atomic E-state index is -1.08. The molecule has 0 saturated heterocycles. The summed E-state index contributed by atoms with van der Waals surface area (Å²) in [5, 5.41) is 23.3. The van der Waals surface area contributed by atoms with Gasteiger partial charge in [0, 0.05) is 17.9 Å². The van der Waals surface area contributed by atoms with E-state index in [1.54, 1.807) is 6.07 Å². The zero-order chi connectivity index (χ0) is 15.8. The molecule has 1 rings (SSSR count). The summed E-state index contributed by atoms with van der Waals surface area (Å²) in [6.07, 6.45) is 2.22. The number of nitrogens with zero attached hydrogens (tertiary/aromatic N) is 1. The number of carbonyl (C=O) groups is 2. The van der Waals surface area contributed by atoms with Gasteiger partial charge in [-0.3, -0.25) is 4.79 Å². The summed E-state index contributed by atoms with van der Waals surface area (Å²) in [4.78, 5) is 22.8. The number of hydrogen-bond donors (Lipinski definition) is 3. The van der Waals surface area contributed by atoms with Crippen molar-refractivity contribution in [3.8, 4) is 6.07 Å². The third kappa shape index (κ3) is 4.99. The fourth-order valence-electron chi connectivity index (χ4n) is 1.42. The largest absolute Gasteiger partial charge is 0.478 e. The lowest BCUT2D eigenvalue weighted by atomic mass is 10.2. The van der Waals surface area contributed by atoms with Crippen LogP contribution in [0.3, 0.4) is 0 Å². The van der Waals surface area contributed by atoms with Crippen molar-refractivity contribution in [1.29, 1.82) is 5.26 Å². The maximum absolute atomic E-state index is 11.9. The van der Waals surface area contributed by atoms with Crippen LogP contribution in [-0.2, 0) is 4.79 Å². The zero-order valence-corrected chi connectivity index (χ0v) is 11.9. The third-order valence-corrected chi connectivity index (χ3v) is 2.86. The van der Waals surface area contributed by atoms with Crippen molar-refractivity contribution in [3.05, 3.63) is 41.6 Å². The minimum Gasteiger partial charge on any atom is -0.478 e. The molecule has 6 heteroatoms. The SMILES string of the molecule is CCC(C)N/C=C(/C#N)C(=O)Nc1cccc(C(=O)O)c1. The predicted molar refractivity (Wildman–Crippen MR) is 78.6 cm³/mol. The molecule has 110 valence electrons. The molecule has 0 radical (unpaired) electrons. The van der Waals surface area contributed by atoms with Crippen molar-refractivity contribution in [2.75, 3.05) is 5.32 Å². The second-order valence-corrected chi connectivity index (χ2v) is 4.49. The van der Waals surface area contributed by atoms with Crippen molar-refractivity contribution >= 4 is 17.6 Å². The first-order chi connectivity index (χ1) is 9.97. The molecule has 0 heterocycles. The van der Waals surface area contributed by atoms with Crippen LogP contribution in [-0.4, -0.2) is 23.0 Å². The van der Waals surface area contributed by atoms with Crippen LogP contribution in [0.4, 0.5) is 5.69 Å². The van der Waals surface area contributed by atoms with Crippen LogP contribution < -0.4 is 10.6 Å². The molecular formula is C15H17N3O3. The fraction of sp³-hybridized carbons (Fsp3) is 0.267. The van der Waals surface area contributed by atoms with Crippen LogP contribution in [0, 0.1) is 11.3 Å². The lowest BCUT2D eigenvalue weighted by Gasteiger charge is -2.09. The van der Waals surface area contributed by atoms with Crippen molar-refractivity contribution in [2.45, 2.75) is 26.3 Å². The molecule has 0 aliphatic carbocycles. The van der Waals surface area contributed by atoms with Gasteiger partial charge in [-0.25, -0.2) is 4.79 Å². The van der Waals surface area contributed by atoms with E-state index in [0.29, 0.717) is 5.69 Å². The molecule has 0 aromatic heterocycles. The second kappa shape index (κ2) is 7.70. The van der Waals surface area contributed by atoms with Gasteiger partial charge >= 0.3 is 5.97 Å². The van der Waals surface area contributed by atoms with Gasteiger partial charge in [-0.1, -0.05) is 13.0 Å². The summed E-state index contributed by atoms with van der Waals surface area (Å²) in [6.45, 7) is 3.91. The number of amides is 1. The number of benzene rings is 1. The first kappa shape index (κ1) is 16.2. The van der Waals surface area contributed by atoms with Crippen molar-refractivity contribution < 1.29 is 14.7 Å². The Bertz CT molecular complexity index is 602. The quantitative estimate of drug-likeness (QED) is 0.549. The lowest BCUT2D eigenvalue weighted by molar-refractivity contribution is -0.112. The highest BCUT2D eigenvalue weighted by molar-refractivity contribution is 6.06. The Morgan fingerprint density at radius 2 is 2.19 bits per heavy atom. The number of nitriles is 1. The molecule has 1 atom stereocenters. The molecule has 0 fully saturated rings. The summed E-state index contributed by atoms with van der Waals surface area (Å²) in [5.74, 6) is -1.67. The maximum Gasteiger partial charge on any atom is 0.335 e. The molecular weight excluding hydrogens is 270 g/mol. The molecule has 1 unspecified atom stereocenters. The molecule has 0 aliphatic rings. The van der Waals surface area contributed by atoms with Gasteiger partial charge in [0.15, 0.2) is 0 Å². The maximum atomic E-state index is 11.9. The Kier molecular flexibility index (Phi) is 5.96. The van der Waals surface area contributed by atoms with Gasteiger partial charge < -0.3 is 15.7 Å². The Balaban J connectivity index is 2.81. The standard InChI is InChI=1S/C15H17N3O3/c1-3-10(2)17-9-12(8-16)14(19)18-13-6-4-5-11(7-13)15(20)21/h4-7,9-10,17H,3H2,1-2H3,(H,18,19)(H,20,21)/b12-9-. The Hall–Kier alpha value is -2.81. The smallest absolute Gasteiger partial charge is 0.335 e. The first-order valence-electron chi connectivity index (χ1n) is 6.49. The minimum absolute atomic E-state index is 0.0630. The Labute approximate surface area is 123 Å². The van der Waals surface area contributed by atoms with Crippen LogP contribution in [0.25, 0.3) is 0 Å². The normalized spacial score (nSPS) is 12.1. The number of carboxylic acid groups (broad SMARTS) is 1. The van der Waals surface area contributed by atoms with E-state index in [9.17, 15) is 9.59 Å². The topological polar surface area (TPSA) is 102 Å². The highest BCUT2D eigenvalue weighted by Gasteiger charge is 2.11. The summed E-state index contributed by atoms with van der Waals surface area (Å²) in [6, 6.07) is 7.79. The number of carbonyl (C=O) groups excluding carboxylic acids is 1. The summed E-state index contributed by atoms with van der Waals surface area (Å²) in [5.41, 5.74) is 0.314. The summed E-state index contributed by atoms with van der Waals surface area (Å²) < 4.78 is 0. The van der Waals surface area contributed by atoms with Gasteiger partial charge in [0.25, 0.3) is 5.91 Å². The molecule has 0 spiro atoms. The number of rotatable bonds is 6. The highest BCUT2D eigenvalue weighted by atomic mass is 16.4. The van der Waals surface area contributed by atoms with E-state index >= 15 is 0 Å². The van der Waals surface area contributed by atoms with Gasteiger partial charge in [0.1, 0.15) is 11.6 Å². The van der Waals surface area contributed by atoms with Gasteiger partial charge in [0.05, 0.1) is 5.56 Å². The molecule has 0 aliphatic heterocycles. The Morgan fingerprint density at radius 3 is 2.76 bits per heavy atom. The number of nitrogens with one attached hydrogen (secondary N) is 2. The first-order valence-corrected chi connectivity index (χ1v) is 6.49. The highest BCUT2D eigenvalue weighted by Crippen LogP contribution is 2.11. The van der Waals surface area contributed by atoms with E-state index in [1.807, 2.05) is 19.9 Å². The van der Waals surface area contributed by atoms with Crippen LogP contribution in [0.1, 0.15) is 30.6 Å². The molecule has 21 heavy (non-hydrogen) atoms. The molecule has 1 amide bonds. The molecule has 0 saturated carbocycles. The monoisotopic (exact) mass is 287 g/mol. The van der Waals surface area contributed by atoms with Crippen LogP contribution in [0.5, 0.6) is 0 Å². The second-order valence-electron chi connectivity index (χ2n) is 4.49. The van der Waals surface area contributed by atoms with Gasteiger partial charge in [-0.2, -0.15) is 5.26 Å². The van der Waals surface area contributed by atoms with Crippen LogP contribution >= 0.6 is 0 Å². The van der Waals surface area contributed by atoms with Crippen molar-refractivity contribution in [2.24, 2.45) is 0 Å². The van der Waals surface area contributed by atoms with Crippen LogP contribution in [0.2, 0.25) is 0 Å². The molecule has 1 aromatic carbocycles. The fourth-order valence-corrected chi connectivity index (χ4v) is 1.42. The molecule has 1 aromatic rings. The van der Waals surface area contributed by atoms with E-state index in [0.717, 1.165) is 6.42 Å².